The van der Waals surface area contributed by atoms with Gasteiger partial charge in [-0.2, -0.15) is 0 Å². The number of aliphatic hydroxyl groups excluding tert-OH is 2. The molecule has 0 spiro atoms. The van der Waals surface area contributed by atoms with Gasteiger partial charge >= 0.3 is 0 Å². The number of carbonyl (C=O) groups excluding carboxylic acids is 1. The van der Waals surface area contributed by atoms with Crippen LogP contribution in [0, 0.1) is 5.41 Å². The molecule has 0 aliphatic carbocycles. The molecule has 0 saturated carbocycles. The van der Waals surface area contributed by atoms with Gasteiger partial charge in [0.15, 0.2) is 0 Å². The molecule has 0 radical (unpaired) electrons. The van der Waals surface area contributed by atoms with Crippen molar-refractivity contribution < 1.29 is 15.0 Å². The van der Waals surface area contributed by atoms with Gasteiger partial charge in [0.25, 0.3) is 0 Å². The predicted octanol–water partition coefficient (Wildman–Crippen LogP) is 1.07. The molecule has 3 N–H and O–H groups in total. The SMILES string of the molecule is CC(=O)Nc1ccccc1CN(C)CC(C)(CO)CO. The summed E-state index contributed by atoms with van der Waals surface area (Å²) < 4.78 is 0. The molecule has 0 aromatic heterocycles. The predicted molar refractivity (Wildman–Crippen MR) is 79.4 cm³/mol. The zero-order chi connectivity index (χ0) is 15.2. The van der Waals surface area contributed by atoms with Crippen molar-refractivity contribution in [3.05, 3.63) is 29.8 Å². The second-order valence-electron chi connectivity index (χ2n) is 5.64. The number of rotatable bonds is 7. The highest BCUT2D eigenvalue weighted by molar-refractivity contribution is 5.89. The molecule has 0 saturated heterocycles. The maximum atomic E-state index is 11.2. The first-order valence-corrected chi connectivity index (χ1v) is 6.66. The standard InChI is InChI=1S/C15H24N2O3/c1-12(20)16-14-7-5-4-6-13(14)8-17(3)9-15(2,10-18)11-19/h4-7,18-19H,8-11H2,1-3H3,(H,16,20). The quantitative estimate of drug-likeness (QED) is 0.698. The van der Waals surface area contributed by atoms with Crippen LogP contribution in [-0.4, -0.2) is 47.8 Å². The highest BCUT2D eigenvalue weighted by Crippen LogP contribution is 2.20. The lowest BCUT2D eigenvalue weighted by Crippen LogP contribution is -2.38. The number of hydrogen-bond acceptors (Lipinski definition) is 4. The van der Waals surface area contributed by atoms with Crippen molar-refractivity contribution >= 4 is 11.6 Å². The van der Waals surface area contributed by atoms with E-state index in [1.165, 1.54) is 6.92 Å². The van der Waals surface area contributed by atoms with Gasteiger partial charge in [0.05, 0.1) is 13.2 Å². The lowest BCUT2D eigenvalue weighted by atomic mass is 9.92. The normalized spacial score (nSPS) is 11.7. The maximum absolute atomic E-state index is 11.2. The molecule has 0 atom stereocenters. The summed E-state index contributed by atoms with van der Waals surface area (Å²) in [5.41, 5.74) is 1.27. The van der Waals surface area contributed by atoms with E-state index in [1.807, 2.05) is 43.1 Å². The Morgan fingerprint density at radius 3 is 2.45 bits per heavy atom. The Morgan fingerprint density at radius 2 is 1.90 bits per heavy atom. The van der Waals surface area contributed by atoms with E-state index in [2.05, 4.69) is 5.32 Å². The number of hydrogen-bond donors (Lipinski definition) is 3. The van der Waals surface area contributed by atoms with Gasteiger partial charge in [-0.1, -0.05) is 25.1 Å². The Balaban J connectivity index is 2.75. The summed E-state index contributed by atoms with van der Waals surface area (Å²) in [5.74, 6) is -0.101. The van der Waals surface area contributed by atoms with Crippen LogP contribution in [0.5, 0.6) is 0 Å². The summed E-state index contributed by atoms with van der Waals surface area (Å²) in [6.07, 6.45) is 0. The van der Waals surface area contributed by atoms with Gasteiger partial charge < -0.3 is 20.4 Å². The molecule has 5 nitrogen and oxygen atoms in total. The van der Waals surface area contributed by atoms with Crippen molar-refractivity contribution in [2.24, 2.45) is 5.41 Å². The fraction of sp³-hybridized carbons (Fsp3) is 0.533. The van der Waals surface area contributed by atoms with Gasteiger partial charge in [-0.05, 0) is 18.7 Å². The summed E-state index contributed by atoms with van der Waals surface area (Å²) in [6, 6.07) is 7.62. The minimum Gasteiger partial charge on any atom is -0.396 e. The maximum Gasteiger partial charge on any atom is 0.221 e. The lowest BCUT2D eigenvalue weighted by molar-refractivity contribution is -0.114. The zero-order valence-corrected chi connectivity index (χ0v) is 12.4. The van der Waals surface area contributed by atoms with Crippen LogP contribution < -0.4 is 5.32 Å². The summed E-state index contributed by atoms with van der Waals surface area (Å²) in [6.45, 7) is 4.38. The molecule has 0 fully saturated rings. The number of nitrogens with zero attached hydrogens (tertiary/aromatic N) is 1. The van der Waals surface area contributed by atoms with Crippen LogP contribution in [0.4, 0.5) is 5.69 Å². The second-order valence-corrected chi connectivity index (χ2v) is 5.64. The van der Waals surface area contributed by atoms with E-state index >= 15 is 0 Å². The molecule has 0 aliphatic rings. The molecule has 112 valence electrons. The highest BCUT2D eigenvalue weighted by atomic mass is 16.3. The van der Waals surface area contributed by atoms with E-state index in [1.54, 1.807) is 0 Å². The molecule has 1 rings (SSSR count). The van der Waals surface area contributed by atoms with Crippen molar-refractivity contribution in [2.45, 2.75) is 20.4 Å². The van der Waals surface area contributed by atoms with E-state index in [4.69, 9.17) is 0 Å². The molecule has 0 bridgehead atoms. The number of carbonyl (C=O) groups is 1. The third-order valence-corrected chi connectivity index (χ3v) is 3.18. The highest BCUT2D eigenvalue weighted by Gasteiger charge is 2.24. The van der Waals surface area contributed by atoms with Crippen LogP contribution in [0.2, 0.25) is 0 Å². The summed E-state index contributed by atoms with van der Waals surface area (Å²) >= 11 is 0. The van der Waals surface area contributed by atoms with Crippen LogP contribution in [0.1, 0.15) is 19.4 Å². The molecular formula is C15H24N2O3. The molecule has 0 aliphatic heterocycles. The van der Waals surface area contributed by atoms with Crippen molar-refractivity contribution in [3.8, 4) is 0 Å². The average Bonchev–Trinajstić information content (AvgIpc) is 2.40. The molecule has 1 aromatic carbocycles. The van der Waals surface area contributed by atoms with Crippen LogP contribution >= 0.6 is 0 Å². The first kappa shape index (κ1) is 16.6. The largest absolute Gasteiger partial charge is 0.396 e. The van der Waals surface area contributed by atoms with Crippen LogP contribution in [0.3, 0.4) is 0 Å². The van der Waals surface area contributed by atoms with E-state index in [0.717, 1.165) is 11.3 Å². The van der Waals surface area contributed by atoms with Crippen LogP contribution in [0.15, 0.2) is 24.3 Å². The van der Waals surface area contributed by atoms with Crippen molar-refractivity contribution in [1.82, 2.24) is 4.90 Å². The van der Waals surface area contributed by atoms with Gasteiger partial charge in [0.1, 0.15) is 0 Å². The third kappa shape index (κ3) is 4.92. The Bertz CT molecular complexity index is 444. The summed E-state index contributed by atoms with van der Waals surface area (Å²) in [5, 5.41) is 21.5. The van der Waals surface area contributed by atoms with Gasteiger partial charge in [0, 0.05) is 31.1 Å². The van der Waals surface area contributed by atoms with Crippen molar-refractivity contribution in [2.75, 3.05) is 32.1 Å². The molecular weight excluding hydrogens is 256 g/mol. The Kier molecular flexibility index (Phi) is 6.13. The molecule has 1 amide bonds. The summed E-state index contributed by atoms with van der Waals surface area (Å²) in [7, 11) is 1.92. The number of nitrogens with one attached hydrogen (secondary N) is 1. The third-order valence-electron chi connectivity index (χ3n) is 3.18. The molecule has 0 heterocycles. The van der Waals surface area contributed by atoms with Gasteiger partial charge in [0.2, 0.25) is 5.91 Å². The topological polar surface area (TPSA) is 72.8 Å². The van der Waals surface area contributed by atoms with Crippen LogP contribution in [-0.2, 0) is 11.3 Å². The minimum absolute atomic E-state index is 0.0683. The van der Waals surface area contributed by atoms with E-state index < -0.39 is 5.41 Å². The number of aliphatic hydroxyl groups is 2. The fourth-order valence-corrected chi connectivity index (χ4v) is 2.12. The number of anilines is 1. The number of para-hydroxylation sites is 1. The molecule has 1 aromatic rings. The van der Waals surface area contributed by atoms with Crippen molar-refractivity contribution in [1.29, 1.82) is 0 Å². The van der Waals surface area contributed by atoms with E-state index in [-0.39, 0.29) is 19.1 Å². The van der Waals surface area contributed by atoms with Gasteiger partial charge in [-0.15, -0.1) is 0 Å². The zero-order valence-electron chi connectivity index (χ0n) is 12.4. The summed E-state index contributed by atoms with van der Waals surface area (Å²) in [4.78, 5) is 13.2. The minimum atomic E-state index is -0.530. The molecule has 20 heavy (non-hydrogen) atoms. The fourth-order valence-electron chi connectivity index (χ4n) is 2.12. The number of benzene rings is 1. The van der Waals surface area contributed by atoms with Gasteiger partial charge in [-0.25, -0.2) is 0 Å². The van der Waals surface area contributed by atoms with Crippen LogP contribution in [0.25, 0.3) is 0 Å². The Morgan fingerprint density at radius 1 is 1.30 bits per heavy atom. The smallest absolute Gasteiger partial charge is 0.221 e. The average molecular weight is 280 g/mol. The Labute approximate surface area is 120 Å². The first-order chi connectivity index (χ1) is 9.40. The monoisotopic (exact) mass is 280 g/mol. The van der Waals surface area contributed by atoms with E-state index in [0.29, 0.717) is 13.1 Å². The number of amides is 1. The Hall–Kier alpha value is -1.43. The van der Waals surface area contributed by atoms with Gasteiger partial charge in [-0.3, -0.25) is 4.79 Å². The van der Waals surface area contributed by atoms with E-state index in [9.17, 15) is 15.0 Å². The van der Waals surface area contributed by atoms with Crippen molar-refractivity contribution in [3.63, 3.8) is 0 Å². The first-order valence-electron chi connectivity index (χ1n) is 6.66. The molecule has 5 heteroatoms. The lowest BCUT2D eigenvalue weighted by Gasteiger charge is -2.30. The molecule has 0 unspecified atom stereocenters. The second kappa shape index (κ2) is 7.38.